The van der Waals surface area contributed by atoms with Crippen LogP contribution in [0.2, 0.25) is 5.02 Å². The number of halogens is 1. The van der Waals surface area contributed by atoms with Crippen LogP contribution in [0.15, 0.2) is 66.0 Å². The molecule has 0 amide bonds. The summed E-state index contributed by atoms with van der Waals surface area (Å²) in [4.78, 5) is 8.57. The maximum Gasteiger partial charge on any atom is 0.191 e. The standard InChI is InChI=1S/C18H19ClN6/c1-20-18(22-12-14-3-5-16(19)6-4-14)23-13-15-7-9-21-17(11-15)25-10-2-8-24-25/h2-11H,12-13H2,1H3,(H2,20,22,23). The van der Waals surface area contributed by atoms with E-state index < -0.39 is 0 Å². The largest absolute Gasteiger partial charge is 0.352 e. The fourth-order valence-corrected chi connectivity index (χ4v) is 2.42. The van der Waals surface area contributed by atoms with Crippen molar-refractivity contribution >= 4 is 17.6 Å². The summed E-state index contributed by atoms with van der Waals surface area (Å²) < 4.78 is 1.73. The Labute approximate surface area is 151 Å². The molecule has 0 spiro atoms. The van der Waals surface area contributed by atoms with Crippen molar-refractivity contribution in [1.29, 1.82) is 0 Å². The predicted molar refractivity (Wildman–Crippen MR) is 99.8 cm³/mol. The molecule has 3 rings (SSSR count). The summed E-state index contributed by atoms with van der Waals surface area (Å²) in [5.41, 5.74) is 2.23. The molecule has 0 radical (unpaired) electrons. The Bertz CT molecular complexity index is 827. The number of hydrogen-bond acceptors (Lipinski definition) is 3. The summed E-state index contributed by atoms with van der Waals surface area (Å²) in [6.45, 7) is 1.31. The van der Waals surface area contributed by atoms with E-state index in [0.29, 0.717) is 13.1 Å². The Morgan fingerprint density at radius 2 is 1.84 bits per heavy atom. The minimum atomic E-state index is 0.636. The normalized spacial score (nSPS) is 11.4. The lowest BCUT2D eigenvalue weighted by Crippen LogP contribution is -2.36. The molecule has 0 saturated heterocycles. The predicted octanol–water partition coefficient (Wildman–Crippen LogP) is 2.79. The third-order valence-electron chi connectivity index (χ3n) is 3.61. The first-order chi connectivity index (χ1) is 12.2. The average molecular weight is 355 g/mol. The Hall–Kier alpha value is -2.86. The summed E-state index contributed by atoms with van der Waals surface area (Å²) in [6.07, 6.45) is 5.37. The molecule has 0 bridgehead atoms. The van der Waals surface area contributed by atoms with E-state index in [0.717, 1.165) is 27.9 Å². The van der Waals surface area contributed by atoms with Gasteiger partial charge in [0.05, 0.1) is 0 Å². The molecule has 0 aliphatic heterocycles. The fraction of sp³-hybridized carbons (Fsp3) is 0.167. The second kappa shape index (κ2) is 8.30. The van der Waals surface area contributed by atoms with Gasteiger partial charge in [0.25, 0.3) is 0 Å². The van der Waals surface area contributed by atoms with Gasteiger partial charge in [0.15, 0.2) is 11.8 Å². The number of nitrogens with one attached hydrogen (secondary N) is 2. The number of aliphatic imine (C=N–C) groups is 1. The molecule has 25 heavy (non-hydrogen) atoms. The number of rotatable bonds is 5. The average Bonchev–Trinajstić information content (AvgIpc) is 3.18. The third kappa shape index (κ3) is 4.81. The number of guanidine groups is 1. The first-order valence-corrected chi connectivity index (χ1v) is 8.26. The zero-order chi connectivity index (χ0) is 17.5. The van der Waals surface area contributed by atoms with E-state index in [4.69, 9.17) is 11.6 Å². The molecule has 128 valence electrons. The monoisotopic (exact) mass is 354 g/mol. The van der Waals surface area contributed by atoms with Crippen LogP contribution in [0.5, 0.6) is 0 Å². The smallest absolute Gasteiger partial charge is 0.191 e. The van der Waals surface area contributed by atoms with E-state index in [1.54, 1.807) is 24.1 Å². The van der Waals surface area contributed by atoms with E-state index in [-0.39, 0.29) is 0 Å². The highest BCUT2D eigenvalue weighted by atomic mass is 35.5. The number of pyridine rings is 1. The van der Waals surface area contributed by atoms with Gasteiger partial charge in [-0.15, -0.1) is 0 Å². The van der Waals surface area contributed by atoms with Gasteiger partial charge in [0, 0.05) is 43.8 Å². The molecule has 2 aromatic heterocycles. The first kappa shape index (κ1) is 17.0. The molecular weight excluding hydrogens is 336 g/mol. The number of hydrogen-bond donors (Lipinski definition) is 2. The molecule has 0 saturated carbocycles. The number of nitrogens with zero attached hydrogens (tertiary/aromatic N) is 4. The Morgan fingerprint density at radius 1 is 1.08 bits per heavy atom. The number of aromatic nitrogens is 3. The molecule has 0 fully saturated rings. The van der Waals surface area contributed by atoms with Crippen molar-refractivity contribution in [1.82, 2.24) is 25.4 Å². The summed E-state index contributed by atoms with van der Waals surface area (Å²) >= 11 is 5.90. The minimum absolute atomic E-state index is 0.636. The van der Waals surface area contributed by atoms with E-state index in [1.165, 1.54) is 0 Å². The van der Waals surface area contributed by atoms with Crippen molar-refractivity contribution in [3.63, 3.8) is 0 Å². The van der Waals surface area contributed by atoms with Crippen molar-refractivity contribution in [2.45, 2.75) is 13.1 Å². The van der Waals surface area contributed by atoms with Gasteiger partial charge < -0.3 is 10.6 Å². The highest BCUT2D eigenvalue weighted by Crippen LogP contribution is 2.09. The van der Waals surface area contributed by atoms with E-state index in [1.807, 2.05) is 48.7 Å². The van der Waals surface area contributed by atoms with Crippen LogP contribution in [-0.2, 0) is 13.1 Å². The lowest BCUT2D eigenvalue weighted by atomic mass is 10.2. The second-order valence-electron chi connectivity index (χ2n) is 5.38. The molecule has 6 nitrogen and oxygen atoms in total. The molecule has 0 aliphatic carbocycles. The topological polar surface area (TPSA) is 67.1 Å². The zero-order valence-electron chi connectivity index (χ0n) is 13.9. The Balaban J connectivity index is 1.56. The van der Waals surface area contributed by atoms with Gasteiger partial charge in [-0.2, -0.15) is 5.10 Å². The maximum absolute atomic E-state index is 5.90. The van der Waals surface area contributed by atoms with Crippen molar-refractivity contribution in [3.8, 4) is 5.82 Å². The van der Waals surface area contributed by atoms with Gasteiger partial charge in [-0.05, 0) is 41.5 Å². The van der Waals surface area contributed by atoms with E-state index >= 15 is 0 Å². The second-order valence-corrected chi connectivity index (χ2v) is 5.82. The minimum Gasteiger partial charge on any atom is -0.352 e. The molecule has 2 heterocycles. The van der Waals surface area contributed by atoms with Crippen LogP contribution in [0.25, 0.3) is 5.82 Å². The molecule has 7 heteroatoms. The molecule has 0 aliphatic rings. The van der Waals surface area contributed by atoms with Crippen molar-refractivity contribution in [2.75, 3.05) is 7.05 Å². The highest BCUT2D eigenvalue weighted by Gasteiger charge is 2.02. The van der Waals surface area contributed by atoms with Crippen LogP contribution in [0.1, 0.15) is 11.1 Å². The number of benzene rings is 1. The first-order valence-electron chi connectivity index (χ1n) is 7.88. The van der Waals surface area contributed by atoms with Crippen LogP contribution in [0.4, 0.5) is 0 Å². The van der Waals surface area contributed by atoms with Gasteiger partial charge in [0.1, 0.15) is 0 Å². The Kier molecular flexibility index (Phi) is 5.64. The van der Waals surface area contributed by atoms with Crippen LogP contribution >= 0.6 is 11.6 Å². The van der Waals surface area contributed by atoms with E-state index in [9.17, 15) is 0 Å². The summed E-state index contributed by atoms with van der Waals surface area (Å²) in [5, 5.41) is 11.5. The van der Waals surface area contributed by atoms with Gasteiger partial charge in [0.2, 0.25) is 0 Å². The van der Waals surface area contributed by atoms with Crippen molar-refractivity contribution in [3.05, 3.63) is 77.2 Å². The summed E-state index contributed by atoms with van der Waals surface area (Å²) in [5.74, 6) is 1.51. The summed E-state index contributed by atoms with van der Waals surface area (Å²) in [7, 11) is 1.75. The lowest BCUT2D eigenvalue weighted by Gasteiger charge is -2.12. The van der Waals surface area contributed by atoms with Crippen molar-refractivity contribution < 1.29 is 0 Å². The quantitative estimate of drug-likeness (QED) is 0.546. The van der Waals surface area contributed by atoms with Gasteiger partial charge >= 0.3 is 0 Å². The van der Waals surface area contributed by atoms with Crippen LogP contribution < -0.4 is 10.6 Å². The zero-order valence-corrected chi connectivity index (χ0v) is 14.6. The van der Waals surface area contributed by atoms with Gasteiger partial charge in [-0.3, -0.25) is 4.99 Å². The van der Waals surface area contributed by atoms with Gasteiger partial charge in [-0.1, -0.05) is 23.7 Å². The molecule has 0 atom stereocenters. The van der Waals surface area contributed by atoms with Crippen molar-refractivity contribution in [2.24, 2.45) is 4.99 Å². The molecule has 2 N–H and O–H groups in total. The SMILES string of the molecule is CN=C(NCc1ccc(Cl)cc1)NCc1ccnc(-n2cccn2)c1. The van der Waals surface area contributed by atoms with E-state index in [2.05, 4.69) is 25.7 Å². The summed E-state index contributed by atoms with van der Waals surface area (Å²) in [6, 6.07) is 13.6. The maximum atomic E-state index is 5.90. The fourth-order valence-electron chi connectivity index (χ4n) is 2.29. The molecule has 3 aromatic rings. The lowest BCUT2D eigenvalue weighted by molar-refractivity contribution is 0.800. The van der Waals surface area contributed by atoms with Crippen LogP contribution in [0, 0.1) is 0 Å². The van der Waals surface area contributed by atoms with Crippen LogP contribution in [-0.4, -0.2) is 27.8 Å². The Morgan fingerprint density at radius 3 is 2.52 bits per heavy atom. The molecular formula is C18H19ClN6. The third-order valence-corrected chi connectivity index (χ3v) is 3.86. The van der Waals surface area contributed by atoms with Crippen LogP contribution in [0.3, 0.4) is 0 Å². The molecule has 1 aromatic carbocycles. The highest BCUT2D eigenvalue weighted by molar-refractivity contribution is 6.30. The molecule has 0 unspecified atom stereocenters. The van der Waals surface area contributed by atoms with Gasteiger partial charge in [-0.25, -0.2) is 9.67 Å².